The van der Waals surface area contributed by atoms with E-state index < -0.39 is 0 Å². The Hall–Kier alpha value is -3.13. The van der Waals surface area contributed by atoms with E-state index in [9.17, 15) is 4.39 Å². The Morgan fingerprint density at radius 3 is 2.59 bits per heavy atom. The fourth-order valence-electron chi connectivity index (χ4n) is 4.55. The van der Waals surface area contributed by atoms with Gasteiger partial charge in [-0.25, -0.2) is 4.39 Å². The number of halogens is 1. The van der Waals surface area contributed by atoms with Gasteiger partial charge in [0, 0.05) is 37.9 Å². The first kappa shape index (κ1) is 20.8. The van der Waals surface area contributed by atoms with Crippen molar-refractivity contribution in [3.63, 3.8) is 0 Å². The normalized spacial score (nSPS) is 18.7. The van der Waals surface area contributed by atoms with Crippen molar-refractivity contribution < 1.29 is 4.39 Å². The third-order valence-electron chi connectivity index (χ3n) is 6.28. The average molecular weight is 434 g/mol. The van der Waals surface area contributed by atoms with Gasteiger partial charge >= 0.3 is 0 Å². The van der Waals surface area contributed by atoms with Gasteiger partial charge in [-0.1, -0.05) is 26.3 Å². The first-order chi connectivity index (χ1) is 15.7. The molecule has 1 atom stereocenters. The van der Waals surface area contributed by atoms with Crippen LogP contribution < -0.4 is 4.90 Å². The van der Waals surface area contributed by atoms with Crippen LogP contribution in [0.15, 0.2) is 47.6 Å². The van der Waals surface area contributed by atoms with E-state index in [1.165, 1.54) is 6.07 Å². The quantitative estimate of drug-likeness (QED) is 0.615. The number of aliphatic imine (C=N–C) groups is 1. The van der Waals surface area contributed by atoms with Crippen LogP contribution in [0.4, 0.5) is 10.3 Å². The molecule has 5 rings (SSSR count). The van der Waals surface area contributed by atoms with Crippen molar-refractivity contribution in [1.82, 2.24) is 24.6 Å². The van der Waals surface area contributed by atoms with Crippen molar-refractivity contribution in [2.75, 3.05) is 37.6 Å². The summed E-state index contributed by atoms with van der Waals surface area (Å²) in [5.41, 5.74) is 3.00. The molecule has 1 aromatic carbocycles. The van der Waals surface area contributed by atoms with Crippen molar-refractivity contribution >= 4 is 11.7 Å². The molecule has 4 heterocycles. The lowest BCUT2D eigenvalue weighted by atomic mass is 10.0. The summed E-state index contributed by atoms with van der Waals surface area (Å²) in [5.74, 6) is 1.31. The molecule has 3 aromatic rings. The Balaban J connectivity index is 1.68. The van der Waals surface area contributed by atoms with Gasteiger partial charge in [0.2, 0.25) is 5.95 Å². The van der Waals surface area contributed by atoms with Crippen LogP contribution in [0, 0.1) is 5.82 Å². The number of aromatic nitrogens is 4. The van der Waals surface area contributed by atoms with E-state index in [0.29, 0.717) is 5.71 Å². The van der Waals surface area contributed by atoms with Crippen molar-refractivity contribution in [2.24, 2.45) is 4.99 Å². The van der Waals surface area contributed by atoms with E-state index in [2.05, 4.69) is 43.4 Å². The van der Waals surface area contributed by atoms with Gasteiger partial charge in [-0.3, -0.25) is 14.5 Å². The first-order valence-electron chi connectivity index (χ1n) is 11.4. The van der Waals surface area contributed by atoms with E-state index >= 15 is 0 Å². The number of nitrogens with zero attached hydrogens (tertiary/aromatic N) is 7. The molecule has 2 aliphatic rings. The van der Waals surface area contributed by atoms with Crippen molar-refractivity contribution in [3.05, 3.63) is 65.5 Å². The van der Waals surface area contributed by atoms with Crippen LogP contribution in [0.5, 0.6) is 0 Å². The van der Waals surface area contributed by atoms with Crippen molar-refractivity contribution in [1.29, 1.82) is 0 Å². The molecule has 0 bridgehead atoms. The zero-order valence-electron chi connectivity index (χ0n) is 18.6. The third kappa shape index (κ3) is 3.68. The number of benzene rings is 1. The number of fused-ring (bicyclic) bond motifs is 3. The Morgan fingerprint density at radius 2 is 1.88 bits per heavy atom. The lowest BCUT2D eigenvalue weighted by Gasteiger charge is -2.34. The average Bonchev–Trinajstić information content (AvgIpc) is 3.22. The number of piperazine rings is 1. The van der Waals surface area contributed by atoms with Crippen LogP contribution >= 0.6 is 0 Å². The Bertz CT molecular complexity index is 1120. The van der Waals surface area contributed by atoms with Crippen molar-refractivity contribution in [3.8, 4) is 5.69 Å². The summed E-state index contributed by atoms with van der Waals surface area (Å²) < 4.78 is 16.6. The monoisotopic (exact) mass is 433 g/mol. The highest BCUT2D eigenvalue weighted by Gasteiger charge is 2.31. The van der Waals surface area contributed by atoms with Gasteiger partial charge in [-0.15, -0.1) is 10.2 Å². The van der Waals surface area contributed by atoms with E-state index in [0.717, 1.165) is 74.3 Å². The molecule has 166 valence electrons. The lowest BCUT2D eigenvalue weighted by molar-refractivity contribution is 0.269. The number of pyridine rings is 1. The Kier molecular flexibility index (Phi) is 5.70. The van der Waals surface area contributed by atoms with E-state index in [1.807, 2.05) is 24.3 Å². The summed E-state index contributed by atoms with van der Waals surface area (Å²) in [6.45, 7) is 9.12. The second-order valence-electron chi connectivity index (χ2n) is 8.27. The first-order valence-corrected chi connectivity index (χ1v) is 11.4. The number of rotatable bonds is 5. The molecule has 2 aliphatic heterocycles. The van der Waals surface area contributed by atoms with Crippen LogP contribution in [0.3, 0.4) is 0 Å². The zero-order valence-corrected chi connectivity index (χ0v) is 18.6. The molecule has 1 unspecified atom stereocenters. The molecule has 0 amide bonds. The predicted octanol–water partition coefficient (Wildman–Crippen LogP) is 3.64. The number of likely N-dealkylation sites (N-methyl/N-ethyl adjacent to an activating group) is 1. The summed E-state index contributed by atoms with van der Waals surface area (Å²) in [5, 5.41) is 9.22. The van der Waals surface area contributed by atoms with Gasteiger partial charge in [0.05, 0.1) is 17.1 Å². The Morgan fingerprint density at radius 1 is 1.03 bits per heavy atom. The van der Waals surface area contributed by atoms with E-state index in [4.69, 9.17) is 4.99 Å². The molecule has 0 saturated carbocycles. The fraction of sp³-hybridized carbons (Fsp3) is 0.417. The maximum absolute atomic E-state index is 14.5. The maximum Gasteiger partial charge on any atom is 0.232 e. The summed E-state index contributed by atoms with van der Waals surface area (Å²) in [7, 11) is 0. The van der Waals surface area contributed by atoms with E-state index in [-0.39, 0.29) is 11.9 Å². The van der Waals surface area contributed by atoms with Gasteiger partial charge in [-0.05, 0) is 43.3 Å². The third-order valence-corrected chi connectivity index (χ3v) is 6.28. The van der Waals surface area contributed by atoms with Crippen molar-refractivity contribution in [2.45, 2.75) is 32.7 Å². The smallest absolute Gasteiger partial charge is 0.232 e. The standard InChI is InChI=1S/C24H28FN7/c1-3-7-20-23-28-29-24(31-14-12-30(4-2)13-15-31)32(23)21-10-9-17(25)16-18(21)22(27-20)19-8-5-6-11-26-19/h5-6,8-11,16,20H,3-4,7,12-15H2,1-2H3. The summed E-state index contributed by atoms with van der Waals surface area (Å²) in [6, 6.07) is 10.4. The molecule has 2 aromatic heterocycles. The topological polar surface area (TPSA) is 62.4 Å². The molecular weight excluding hydrogens is 405 g/mol. The molecule has 0 aliphatic carbocycles. The van der Waals surface area contributed by atoms with Crippen LogP contribution in [-0.4, -0.2) is 63.1 Å². The zero-order chi connectivity index (χ0) is 22.1. The van der Waals surface area contributed by atoms with Gasteiger partial charge < -0.3 is 9.80 Å². The highest BCUT2D eigenvalue weighted by molar-refractivity contribution is 6.14. The molecule has 1 fully saturated rings. The minimum absolute atomic E-state index is 0.175. The SMILES string of the molecule is CCCC1N=C(c2ccccn2)c2cc(F)ccc2-n2c1nnc2N1CCN(CC)CC1. The van der Waals surface area contributed by atoms with Crippen LogP contribution in [-0.2, 0) is 0 Å². The molecule has 8 heteroatoms. The molecule has 1 saturated heterocycles. The highest BCUT2D eigenvalue weighted by Crippen LogP contribution is 2.35. The lowest BCUT2D eigenvalue weighted by Crippen LogP contribution is -2.47. The predicted molar refractivity (Wildman–Crippen MR) is 123 cm³/mol. The van der Waals surface area contributed by atoms with Crippen LogP contribution in [0.1, 0.15) is 49.8 Å². The van der Waals surface area contributed by atoms with Crippen LogP contribution in [0.2, 0.25) is 0 Å². The van der Waals surface area contributed by atoms with Gasteiger partial charge in [0.1, 0.15) is 11.9 Å². The molecule has 32 heavy (non-hydrogen) atoms. The minimum atomic E-state index is -0.297. The van der Waals surface area contributed by atoms with Gasteiger partial charge in [0.15, 0.2) is 5.82 Å². The molecule has 0 radical (unpaired) electrons. The second-order valence-corrected chi connectivity index (χ2v) is 8.27. The summed E-state index contributed by atoms with van der Waals surface area (Å²) in [4.78, 5) is 14.3. The van der Waals surface area contributed by atoms with E-state index in [1.54, 1.807) is 12.3 Å². The Labute approximate surface area is 187 Å². The molecule has 0 N–H and O–H groups in total. The maximum atomic E-state index is 14.5. The largest absolute Gasteiger partial charge is 0.338 e. The second kappa shape index (κ2) is 8.78. The van der Waals surface area contributed by atoms with Gasteiger partial charge in [0.25, 0.3) is 0 Å². The van der Waals surface area contributed by atoms with Crippen LogP contribution in [0.25, 0.3) is 5.69 Å². The molecule has 7 nitrogen and oxygen atoms in total. The minimum Gasteiger partial charge on any atom is -0.338 e. The summed E-state index contributed by atoms with van der Waals surface area (Å²) in [6.07, 6.45) is 3.52. The molecular formula is C24H28FN7. The number of hydrogen-bond acceptors (Lipinski definition) is 6. The van der Waals surface area contributed by atoms with Gasteiger partial charge in [-0.2, -0.15) is 0 Å². The fourth-order valence-corrected chi connectivity index (χ4v) is 4.55. The number of anilines is 1. The number of hydrogen-bond donors (Lipinski definition) is 0. The highest BCUT2D eigenvalue weighted by atomic mass is 19.1. The molecule has 0 spiro atoms. The summed E-state index contributed by atoms with van der Waals surface area (Å²) >= 11 is 0.